The summed E-state index contributed by atoms with van der Waals surface area (Å²) in [5.74, 6) is 0. The number of thioether (sulfide) groups is 1. The molecule has 0 aliphatic carbocycles. The molecule has 1 N–H and O–H groups in total. The molecule has 3 aromatic carbocycles. The smallest absolute Gasteiger partial charge is 0.261 e. The molecule has 7 heteroatoms. The van der Waals surface area contributed by atoms with Gasteiger partial charge in [0.1, 0.15) is 0 Å². The van der Waals surface area contributed by atoms with E-state index in [-0.39, 0.29) is 21.3 Å². The Labute approximate surface area is 171 Å². The van der Waals surface area contributed by atoms with Gasteiger partial charge in [0, 0.05) is 9.37 Å². The molecule has 0 aliphatic heterocycles. The molecule has 27 heavy (non-hydrogen) atoms. The third-order valence-electron chi connectivity index (χ3n) is 3.73. The molecule has 0 heterocycles. The highest BCUT2D eigenvalue weighted by Gasteiger charge is 2.20. The molecular formula is C20H16BrNO3S2. The number of halogens is 1. The summed E-state index contributed by atoms with van der Waals surface area (Å²) in [4.78, 5) is 13.7. The van der Waals surface area contributed by atoms with E-state index in [4.69, 9.17) is 0 Å². The number of aryl methyl sites for hydroxylation is 1. The molecule has 3 aromatic rings. The second-order valence-electron chi connectivity index (χ2n) is 5.81. The van der Waals surface area contributed by atoms with E-state index in [2.05, 4.69) is 20.7 Å². The lowest BCUT2D eigenvalue weighted by Crippen LogP contribution is -2.15. The Morgan fingerprint density at radius 2 is 1.63 bits per heavy atom. The second kappa shape index (κ2) is 8.29. The number of hydrogen-bond acceptors (Lipinski definition) is 4. The van der Waals surface area contributed by atoms with E-state index in [1.165, 1.54) is 12.1 Å². The molecular weight excluding hydrogens is 446 g/mol. The van der Waals surface area contributed by atoms with Crippen molar-refractivity contribution in [1.29, 1.82) is 0 Å². The van der Waals surface area contributed by atoms with Gasteiger partial charge < -0.3 is 0 Å². The summed E-state index contributed by atoms with van der Waals surface area (Å²) < 4.78 is 28.6. The van der Waals surface area contributed by atoms with Crippen LogP contribution in [-0.2, 0) is 10.0 Å². The van der Waals surface area contributed by atoms with E-state index in [9.17, 15) is 13.2 Å². The van der Waals surface area contributed by atoms with Crippen molar-refractivity contribution in [3.05, 3.63) is 88.4 Å². The molecule has 3 rings (SSSR count). The van der Waals surface area contributed by atoms with Crippen molar-refractivity contribution in [1.82, 2.24) is 0 Å². The molecule has 0 spiro atoms. The first-order chi connectivity index (χ1) is 12.8. The fourth-order valence-electron chi connectivity index (χ4n) is 2.35. The Morgan fingerprint density at radius 1 is 0.963 bits per heavy atom. The summed E-state index contributed by atoms with van der Waals surface area (Å²) in [7, 11) is -3.80. The SMILES string of the molecule is Cc1ccc(S(=O)(=O)Nc2ccc(Br)cc2C(=O)Sc2ccccc2)cc1. The summed E-state index contributed by atoms with van der Waals surface area (Å²) in [5.41, 5.74) is 1.49. The highest BCUT2D eigenvalue weighted by atomic mass is 79.9. The third-order valence-corrected chi connectivity index (χ3v) is 6.52. The van der Waals surface area contributed by atoms with E-state index in [1.807, 2.05) is 37.3 Å². The summed E-state index contributed by atoms with van der Waals surface area (Å²) in [5, 5.41) is -0.246. The van der Waals surface area contributed by atoms with Crippen molar-refractivity contribution in [2.45, 2.75) is 16.7 Å². The molecule has 0 unspecified atom stereocenters. The average molecular weight is 462 g/mol. The van der Waals surface area contributed by atoms with Gasteiger partial charge in [0.05, 0.1) is 16.1 Å². The fourth-order valence-corrected chi connectivity index (χ4v) is 4.57. The summed E-state index contributed by atoms with van der Waals surface area (Å²) in [6.45, 7) is 1.89. The van der Waals surface area contributed by atoms with Gasteiger partial charge >= 0.3 is 0 Å². The van der Waals surface area contributed by atoms with Gasteiger partial charge in [-0.25, -0.2) is 8.42 Å². The fraction of sp³-hybridized carbons (Fsp3) is 0.0500. The quantitative estimate of drug-likeness (QED) is 0.510. The van der Waals surface area contributed by atoms with Crippen LogP contribution < -0.4 is 4.72 Å². The Hall–Kier alpha value is -2.09. The number of sulfonamides is 1. The summed E-state index contributed by atoms with van der Waals surface area (Å²) in [6.07, 6.45) is 0. The molecule has 0 aliphatic rings. The van der Waals surface area contributed by atoms with Crippen LogP contribution in [0.4, 0.5) is 5.69 Å². The Bertz CT molecular complexity index is 1070. The zero-order chi connectivity index (χ0) is 19.4. The lowest BCUT2D eigenvalue weighted by molar-refractivity contribution is 0.108. The molecule has 0 saturated carbocycles. The van der Waals surface area contributed by atoms with E-state index in [0.29, 0.717) is 4.47 Å². The maximum atomic E-state index is 12.8. The number of carbonyl (C=O) groups excluding carboxylic acids is 1. The molecule has 0 radical (unpaired) electrons. The van der Waals surface area contributed by atoms with Crippen LogP contribution in [0.2, 0.25) is 0 Å². The zero-order valence-electron chi connectivity index (χ0n) is 14.3. The highest BCUT2D eigenvalue weighted by Crippen LogP contribution is 2.30. The first-order valence-electron chi connectivity index (χ1n) is 8.01. The van der Waals surface area contributed by atoms with Crippen molar-refractivity contribution in [2.75, 3.05) is 4.72 Å². The molecule has 0 atom stereocenters. The maximum Gasteiger partial charge on any atom is 0.261 e. The number of nitrogens with one attached hydrogen (secondary N) is 1. The minimum absolute atomic E-state index is 0.144. The summed E-state index contributed by atoms with van der Waals surface area (Å²) >= 11 is 4.39. The highest BCUT2D eigenvalue weighted by molar-refractivity contribution is 9.10. The average Bonchev–Trinajstić information content (AvgIpc) is 2.64. The predicted octanol–water partition coefficient (Wildman–Crippen LogP) is 5.49. The molecule has 0 amide bonds. The topological polar surface area (TPSA) is 63.2 Å². The van der Waals surface area contributed by atoms with Gasteiger partial charge in [0.25, 0.3) is 10.0 Å². The van der Waals surface area contributed by atoms with Gasteiger partial charge in [0.2, 0.25) is 5.12 Å². The number of rotatable bonds is 5. The third kappa shape index (κ3) is 5.00. The summed E-state index contributed by atoms with van der Waals surface area (Å²) in [6, 6.07) is 20.6. The van der Waals surface area contributed by atoms with Gasteiger partial charge in [-0.2, -0.15) is 0 Å². The van der Waals surface area contributed by atoms with E-state index < -0.39 is 10.0 Å². The van der Waals surface area contributed by atoms with E-state index in [0.717, 1.165) is 22.2 Å². The number of anilines is 1. The van der Waals surface area contributed by atoms with Gasteiger partial charge in [-0.05, 0) is 61.2 Å². The monoisotopic (exact) mass is 461 g/mol. The Kier molecular flexibility index (Phi) is 6.04. The van der Waals surface area contributed by atoms with Crippen LogP contribution in [-0.4, -0.2) is 13.5 Å². The lowest BCUT2D eigenvalue weighted by atomic mass is 10.2. The standard InChI is InChI=1S/C20H16BrNO3S2/c1-14-7-10-17(11-8-14)27(24,25)22-19-12-9-15(21)13-18(19)20(23)26-16-5-3-2-4-6-16/h2-13,22H,1H3. The Balaban J connectivity index is 1.92. The van der Waals surface area contributed by atoms with Crippen LogP contribution in [0.3, 0.4) is 0 Å². The minimum Gasteiger partial charge on any atom is -0.281 e. The van der Waals surface area contributed by atoms with Gasteiger partial charge in [0.15, 0.2) is 0 Å². The second-order valence-corrected chi connectivity index (χ2v) is 9.46. The van der Waals surface area contributed by atoms with Crippen molar-refractivity contribution in [3.8, 4) is 0 Å². The number of benzene rings is 3. The van der Waals surface area contributed by atoms with Gasteiger partial charge in [-0.3, -0.25) is 9.52 Å². The van der Waals surface area contributed by atoms with Crippen LogP contribution in [0, 0.1) is 6.92 Å². The molecule has 0 saturated heterocycles. The normalized spacial score (nSPS) is 11.2. The lowest BCUT2D eigenvalue weighted by Gasteiger charge is -2.13. The minimum atomic E-state index is -3.80. The Morgan fingerprint density at radius 3 is 2.30 bits per heavy atom. The predicted molar refractivity (Wildman–Crippen MR) is 113 cm³/mol. The number of carbonyl (C=O) groups is 1. The maximum absolute atomic E-state index is 12.8. The van der Waals surface area contributed by atoms with E-state index in [1.54, 1.807) is 30.3 Å². The first-order valence-corrected chi connectivity index (χ1v) is 11.1. The molecule has 0 bridgehead atoms. The molecule has 0 fully saturated rings. The van der Waals surface area contributed by atoms with Crippen LogP contribution in [0.1, 0.15) is 15.9 Å². The van der Waals surface area contributed by atoms with E-state index >= 15 is 0 Å². The molecule has 138 valence electrons. The molecule has 0 aromatic heterocycles. The zero-order valence-corrected chi connectivity index (χ0v) is 17.6. The molecule has 4 nitrogen and oxygen atoms in total. The van der Waals surface area contributed by atoms with Crippen LogP contribution in [0.25, 0.3) is 0 Å². The van der Waals surface area contributed by atoms with Gasteiger partial charge in [-0.15, -0.1) is 0 Å². The number of hydrogen-bond donors (Lipinski definition) is 1. The van der Waals surface area contributed by atoms with Crippen molar-refractivity contribution < 1.29 is 13.2 Å². The first kappa shape index (κ1) is 19.7. The van der Waals surface area contributed by atoms with Crippen molar-refractivity contribution in [2.24, 2.45) is 0 Å². The largest absolute Gasteiger partial charge is 0.281 e. The van der Waals surface area contributed by atoms with Crippen LogP contribution >= 0.6 is 27.7 Å². The van der Waals surface area contributed by atoms with Crippen molar-refractivity contribution >= 4 is 48.5 Å². The van der Waals surface area contributed by atoms with Crippen LogP contribution in [0.5, 0.6) is 0 Å². The van der Waals surface area contributed by atoms with Crippen molar-refractivity contribution in [3.63, 3.8) is 0 Å². The van der Waals surface area contributed by atoms with Gasteiger partial charge in [-0.1, -0.05) is 51.8 Å². The van der Waals surface area contributed by atoms with Crippen LogP contribution in [0.15, 0.2) is 87.1 Å².